The molecule has 84 valence electrons. The van der Waals surface area contributed by atoms with E-state index in [1.54, 1.807) is 7.11 Å². The van der Waals surface area contributed by atoms with Gasteiger partial charge in [-0.05, 0) is 17.0 Å². The van der Waals surface area contributed by atoms with Gasteiger partial charge in [-0.15, -0.1) is 0 Å². The van der Waals surface area contributed by atoms with Gasteiger partial charge >= 0.3 is 0 Å². The molecule has 2 heteroatoms. The van der Waals surface area contributed by atoms with Crippen LogP contribution >= 0.6 is 0 Å². The number of hydrogen-bond donors (Lipinski definition) is 1. The average Bonchev–Trinajstić information content (AvgIpc) is 2.26. The van der Waals surface area contributed by atoms with E-state index < -0.39 is 0 Å². The highest BCUT2D eigenvalue weighted by Crippen LogP contribution is 2.19. The van der Waals surface area contributed by atoms with Crippen LogP contribution in [0.5, 0.6) is 0 Å². The standard InChI is InChI=1S/C13H21NO/c1-10(2)11-4-6-12(7-5-11)13(8-14)9-15-3/h4-7,10,13H,8-9,14H2,1-3H3. The average molecular weight is 207 g/mol. The Hall–Kier alpha value is -0.860. The zero-order chi connectivity index (χ0) is 11.3. The molecule has 1 aromatic carbocycles. The molecule has 0 saturated carbocycles. The molecule has 2 N–H and O–H groups in total. The molecule has 0 aliphatic carbocycles. The van der Waals surface area contributed by atoms with Crippen molar-refractivity contribution in [3.05, 3.63) is 35.4 Å². The maximum Gasteiger partial charge on any atom is 0.0543 e. The molecule has 1 atom stereocenters. The summed E-state index contributed by atoms with van der Waals surface area (Å²) in [6, 6.07) is 8.68. The molecule has 1 rings (SSSR count). The van der Waals surface area contributed by atoms with Crippen LogP contribution in [0.3, 0.4) is 0 Å². The van der Waals surface area contributed by atoms with Crippen LogP contribution in [-0.4, -0.2) is 20.3 Å². The van der Waals surface area contributed by atoms with E-state index >= 15 is 0 Å². The van der Waals surface area contributed by atoms with Crippen LogP contribution in [0.1, 0.15) is 36.8 Å². The Balaban J connectivity index is 2.77. The molecular weight excluding hydrogens is 186 g/mol. The molecule has 0 fully saturated rings. The fraction of sp³-hybridized carbons (Fsp3) is 0.538. The Morgan fingerprint density at radius 2 is 1.67 bits per heavy atom. The van der Waals surface area contributed by atoms with E-state index in [1.165, 1.54) is 11.1 Å². The molecule has 0 aliphatic rings. The van der Waals surface area contributed by atoms with E-state index in [0.29, 0.717) is 25.0 Å². The van der Waals surface area contributed by atoms with Gasteiger partial charge in [-0.3, -0.25) is 0 Å². The molecule has 1 aromatic rings. The minimum atomic E-state index is 0.316. The maximum absolute atomic E-state index is 5.71. The van der Waals surface area contributed by atoms with Crippen molar-refractivity contribution in [2.75, 3.05) is 20.3 Å². The predicted molar refractivity (Wildman–Crippen MR) is 64.2 cm³/mol. The second kappa shape index (κ2) is 5.89. The van der Waals surface area contributed by atoms with Crippen molar-refractivity contribution in [2.24, 2.45) is 5.73 Å². The quantitative estimate of drug-likeness (QED) is 0.805. The van der Waals surface area contributed by atoms with E-state index in [9.17, 15) is 0 Å². The van der Waals surface area contributed by atoms with Crippen LogP contribution in [0.2, 0.25) is 0 Å². The summed E-state index contributed by atoms with van der Waals surface area (Å²) in [5.41, 5.74) is 8.34. The number of hydrogen-bond acceptors (Lipinski definition) is 2. The van der Waals surface area contributed by atoms with Crippen LogP contribution in [0.4, 0.5) is 0 Å². The van der Waals surface area contributed by atoms with Crippen LogP contribution in [0.25, 0.3) is 0 Å². The van der Waals surface area contributed by atoms with Crippen molar-refractivity contribution < 1.29 is 4.74 Å². The van der Waals surface area contributed by atoms with Crippen LogP contribution in [0, 0.1) is 0 Å². The summed E-state index contributed by atoms with van der Waals surface area (Å²) in [5, 5.41) is 0. The minimum absolute atomic E-state index is 0.316. The highest BCUT2D eigenvalue weighted by Gasteiger charge is 2.09. The van der Waals surface area contributed by atoms with E-state index in [0.717, 1.165) is 0 Å². The van der Waals surface area contributed by atoms with E-state index in [-0.39, 0.29) is 0 Å². The Labute approximate surface area is 92.4 Å². The molecule has 1 unspecified atom stereocenters. The fourth-order valence-electron chi connectivity index (χ4n) is 1.65. The number of nitrogens with two attached hydrogens (primary N) is 1. The van der Waals surface area contributed by atoms with Gasteiger partial charge in [-0.2, -0.15) is 0 Å². The highest BCUT2D eigenvalue weighted by molar-refractivity contribution is 5.27. The molecule has 0 bridgehead atoms. The molecule has 0 aromatic heterocycles. The second-order valence-electron chi connectivity index (χ2n) is 4.21. The van der Waals surface area contributed by atoms with Gasteiger partial charge in [-0.1, -0.05) is 38.1 Å². The molecule has 15 heavy (non-hydrogen) atoms. The van der Waals surface area contributed by atoms with Crippen molar-refractivity contribution in [3.8, 4) is 0 Å². The summed E-state index contributed by atoms with van der Waals surface area (Å²) in [6.07, 6.45) is 0. The largest absolute Gasteiger partial charge is 0.384 e. The zero-order valence-electron chi connectivity index (χ0n) is 9.86. The van der Waals surface area contributed by atoms with Gasteiger partial charge in [0, 0.05) is 19.6 Å². The SMILES string of the molecule is COCC(CN)c1ccc(C(C)C)cc1. The summed E-state index contributed by atoms with van der Waals surface area (Å²) < 4.78 is 5.15. The Morgan fingerprint density at radius 1 is 1.13 bits per heavy atom. The first-order valence-corrected chi connectivity index (χ1v) is 5.48. The zero-order valence-corrected chi connectivity index (χ0v) is 9.86. The summed E-state index contributed by atoms with van der Waals surface area (Å²) in [7, 11) is 1.71. The minimum Gasteiger partial charge on any atom is -0.384 e. The van der Waals surface area contributed by atoms with E-state index in [1.807, 2.05) is 0 Å². The van der Waals surface area contributed by atoms with Crippen LogP contribution in [-0.2, 0) is 4.74 Å². The molecule has 0 aliphatic heterocycles. The van der Waals surface area contributed by atoms with Gasteiger partial charge < -0.3 is 10.5 Å². The van der Waals surface area contributed by atoms with Gasteiger partial charge in [0.1, 0.15) is 0 Å². The molecule has 0 heterocycles. The van der Waals surface area contributed by atoms with Crippen molar-refractivity contribution in [2.45, 2.75) is 25.7 Å². The monoisotopic (exact) mass is 207 g/mol. The number of rotatable bonds is 5. The normalized spacial score (nSPS) is 13.1. The first kappa shape index (κ1) is 12.2. The first-order valence-electron chi connectivity index (χ1n) is 5.48. The summed E-state index contributed by atoms with van der Waals surface area (Å²) in [6.45, 7) is 5.72. The lowest BCUT2D eigenvalue weighted by Gasteiger charge is -2.15. The molecular formula is C13H21NO. The van der Waals surface area contributed by atoms with Gasteiger partial charge in [0.25, 0.3) is 0 Å². The van der Waals surface area contributed by atoms with Crippen molar-refractivity contribution in [1.29, 1.82) is 0 Å². The smallest absolute Gasteiger partial charge is 0.0543 e. The first-order chi connectivity index (χ1) is 7.19. The van der Waals surface area contributed by atoms with E-state index in [4.69, 9.17) is 10.5 Å². The van der Waals surface area contributed by atoms with Gasteiger partial charge in [-0.25, -0.2) is 0 Å². The number of methoxy groups -OCH3 is 1. The molecule has 0 saturated heterocycles. The fourth-order valence-corrected chi connectivity index (χ4v) is 1.65. The predicted octanol–water partition coefficient (Wildman–Crippen LogP) is 2.50. The van der Waals surface area contributed by atoms with Gasteiger partial charge in [0.15, 0.2) is 0 Å². The van der Waals surface area contributed by atoms with Crippen molar-refractivity contribution >= 4 is 0 Å². The Bertz CT molecular complexity index is 279. The lowest BCUT2D eigenvalue weighted by molar-refractivity contribution is 0.181. The number of ether oxygens (including phenoxy) is 1. The summed E-state index contributed by atoms with van der Waals surface area (Å²) >= 11 is 0. The van der Waals surface area contributed by atoms with Crippen molar-refractivity contribution in [1.82, 2.24) is 0 Å². The summed E-state index contributed by atoms with van der Waals surface area (Å²) in [4.78, 5) is 0. The number of benzene rings is 1. The summed E-state index contributed by atoms with van der Waals surface area (Å²) in [5.74, 6) is 0.897. The Kier molecular flexibility index (Phi) is 4.79. The lowest BCUT2D eigenvalue weighted by Crippen LogP contribution is -2.17. The lowest BCUT2D eigenvalue weighted by atomic mass is 9.96. The van der Waals surface area contributed by atoms with Crippen LogP contribution < -0.4 is 5.73 Å². The van der Waals surface area contributed by atoms with Crippen LogP contribution in [0.15, 0.2) is 24.3 Å². The molecule has 0 amide bonds. The maximum atomic E-state index is 5.71. The van der Waals surface area contributed by atoms with Gasteiger partial charge in [0.2, 0.25) is 0 Å². The third-order valence-corrected chi connectivity index (χ3v) is 2.73. The third-order valence-electron chi connectivity index (χ3n) is 2.73. The third kappa shape index (κ3) is 3.33. The van der Waals surface area contributed by atoms with E-state index in [2.05, 4.69) is 38.1 Å². The highest BCUT2D eigenvalue weighted by atomic mass is 16.5. The van der Waals surface area contributed by atoms with Gasteiger partial charge in [0.05, 0.1) is 6.61 Å². The molecule has 2 nitrogen and oxygen atoms in total. The molecule has 0 spiro atoms. The Morgan fingerprint density at radius 3 is 2.07 bits per heavy atom. The topological polar surface area (TPSA) is 35.2 Å². The molecule has 0 radical (unpaired) electrons. The second-order valence-corrected chi connectivity index (χ2v) is 4.21. The van der Waals surface area contributed by atoms with Crippen molar-refractivity contribution in [3.63, 3.8) is 0 Å².